The van der Waals surface area contributed by atoms with Gasteiger partial charge in [-0.1, -0.05) is 54.6 Å². The first-order valence-electron chi connectivity index (χ1n) is 8.69. The molecule has 6 nitrogen and oxygen atoms in total. The number of anilines is 1. The summed E-state index contributed by atoms with van der Waals surface area (Å²) < 4.78 is 5.14. The number of ether oxygens (including phenoxy) is 1. The van der Waals surface area contributed by atoms with E-state index in [-0.39, 0.29) is 12.2 Å². The normalized spacial score (nSPS) is 10.7. The fourth-order valence-corrected chi connectivity index (χ4v) is 2.42. The van der Waals surface area contributed by atoms with Crippen molar-refractivity contribution in [3.63, 3.8) is 0 Å². The predicted octanol–water partition coefficient (Wildman–Crippen LogP) is 2.93. The van der Waals surface area contributed by atoms with Crippen LogP contribution in [0.2, 0.25) is 0 Å². The Morgan fingerprint density at radius 1 is 1.04 bits per heavy atom. The van der Waals surface area contributed by atoms with E-state index in [2.05, 4.69) is 11.9 Å². The van der Waals surface area contributed by atoms with Crippen LogP contribution in [0.25, 0.3) is 6.08 Å². The topological polar surface area (TPSA) is 75.7 Å². The van der Waals surface area contributed by atoms with Gasteiger partial charge in [0, 0.05) is 19.2 Å². The number of nitrogens with zero attached hydrogens (tertiary/aromatic N) is 1. The molecule has 2 rings (SSSR count). The largest absolute Gasteiger partial charge is 0.451 e. The molecule has 2 aromatic rings. The molecule has 0 unspecified atom stereocenters. The first-order chi connectivity index (χ1) is 13.5. The monoisotopic (exact) mass is 378 g/mol. The van der Waals surface area contributed by atoms with Gasteiger partial charge in [-0.15, -0.1) is 6.58 Å². The van der Waals surface area contributed by atoms with Crippen LogP contribution in [0.5, 0.6) is 0 Å². The van der Waals surface area contributed by atoms with Gasteiger partial charge < -0.3 is 15.0 Å². The van der Waals surface area contributed by atoms with Crippen LogP contribution in [0.15, 0.2) is 79.0 Å². The van der Waals surface area contributed by atoms with Crippen molar-refractivity contribution in [3.8, 4) is 0 Å². The third kappa shape index (κ3) is 6.25. The highest BCUT2D eigenvalue weighted by Gasteiger charge is 2.19. The van der Waals surface area contributed by atoms with Crippen molar-refractivity contribution in [2.45, 2.75) is 6.92 Å². The van der Waals surface area contributed by atoms with Crippen LogP contribution >= 0.6 is 0 Å². The van der Waals surface area contributed by atoms with Gasteiger partial charge in [-0.05, 0) is 23.8 Å². The molecule has 1 N–H and O–H groups in total. The fraction of sp³-hybridized carbons (Fsp3) is 0.136. The second-order valence-corrected chi connectivity index (χ2v) is 5.85. The number of hydrogen-bond donors (Lipinski definition) is 1. The van der Waals surface area contributed by atoms with Crippen LogP contribution in [0.1, 0.15) is 12.5 Å². The molecule has 144 valence electrons. The molecule has 0 aromatic heterocycles. The smallest absolute Gasteiger partial charge is 0.355 e. The summed E-state index contributed by atoms with van der Waals surface area (Å²) >= 11 is 0. The van der Waals surface area contributed by atoms with E-state index in [0.717, 1.165) is 0 Å². The molecular formula is C22H22N2O4. The van der Waals surface area contributed by atoms with Crippen molar-refractivity contribution in [1.82, 2.24) is 5.32 Å². The highest BCUT2D eigenvalue weighted by molar-refractivity contribution is 6.00. The minimum Gasteiger partial charge on any atom is -0.451 e. The summed E-state index contributed by atoms with van der Waals surface area (Å²) in [5.41, 5.74) is 1.35. The molecule has 0 aliphatic heterocycles. The quantitative estimate of drug-likeness (QED) is 0.435. The van der Waals surface area contributed by atoms with E-state index >= 15 is 0 Å². The average Bonchev–Trinajstić information content (AvgIpc) is 2.70. The summed E-state index contributed by atoms with van der Waals surface area (Å²) in [6.07, 6.45) is 3.08. The minimum atomic E-state index is -0.793. The summed E-state index contributed by atoms with van der Waals surface area (Å²) in [6.45, 7) is 4.75. The van der Waals surface area contributed by atoms with E-state index in [0.29, 0.717) is 11.3 Å². The van der Waals surface area contributed by atoms with E-state index in [1.165, 1.54) is 17.9 Å². The molecule has 0 saturated heterocycles. The van der Waals surface area contributed by atoms with Crippen molar-refractivity contribution in [3.05, 3.63) is 84.6 Å². The van der Waals surface area contributed by atoms with Gasteiger partial charge in [0.2, 0.25) is 5.91 Å². The number of esters is 1. The zero-order chi connectivity index (χ0) is 20.4. The molecule has 0 spiro atoms. The van der Waals surface area contributed by atoms with Gasteiger partial charge in [0.1, 0.15) is 5.70 Å². The van der Waals surface area contributed by atoms with Crippen LogP contribution in [0, 0.1) is 0 Å². The maximum absolute atomic E-state index is 12.5. The number of hydrogen-bond acceptors (Lipinski definition) is 4. The number of rotatable bonds is 8. The first kappa shape index (κ1) is 20.6. The molecule has 0 saturated carbocycles. The van der Waals surface area contributed by atoms with Crippen molar-refractivity contribution >= 4 is 29.5 Å². The third-order valence-corrected chi connectivity index (χ3v) is 3.65. The van der Waals surface area contributed by atoms with Crippen LogP contribution in [-0.2, 0) is 19.1 Å². The van der Waals surface area contributed by atoms with E-state index in [1.54, 1.807) is 42.5 Å². The van der Waals surface area contributed by atoms with Gasteiger partial charge in [0.15, 0.2) is 6.61 Å². The Labute approximate surface area is 164 Å². The highest BCUT2D eigenvalue weighted by atomic mass is 16.5. The minimum absolute atomic E-state index is 0.0403. The molecule has 0 bridgehead atoms. The summed E-state index contributed by atoms with van der Waals surface area (Å²) in [6, 6.07) is 18.0. The molecule has 0 fully saturated rings. The molecule has 2 amide bonds. The molecular weight excluding hydrogens is 356 g/mol. The Hall–Kier alpha value is -3.67. The first-order valence-corrected chi connectivity index (χ1v) is 8.69. The lowest BCUT2D eigenvalue weighted by Gasteiger charge is -2.21. The predicted molar refractivity (Wildman–Crippen MR) is 108 cm³/mol. The van der Waals surface area contributed by atoms with Crippen LogP contribution in [0.3, 0.4) is 0 Å². The Balaban J connectivity index is 2.10. The molecule has 0 aliphatic rings. The number of benzene rings is 2. The standard InChI is InChI=1S/C22H22N2O4/c1-3-14-24(19-12-8-5-9-13-19)21(26)16-28-22(27)20(23-17(2)25)15-18-10-6-4-7-11-18/h3-13,15H,1,14,16H2,2H3,(H,23,25)/b20-15-. The lowest BCUT2D eigenvalue weighted by molar-refractivity contribution is -0.144. The molecule has 0 heterocycles. The average molecular weight is 378 g/mol. The molecule has 0 aliphatic carbocycles. The molecule has 28 heavy (non-hydrogen) atoms. The number of amides is 2. The third-order valence-electron chi connectivity index (χ3n) is 3.65. The summed E-state index contributed by atoms with van der Waals surface area (Å²) in [4.78, 5) is 37.8. The van der Waals surface area contributed by atoms with Crippen molar-refractivity contribution < 1.29 is 19.1 Å². The maximum atomic E-state index is 12.5. The Morgan fingerprint density at radius 3 is 2.21 bits per heavy atom. The van der Waals surface area contributed by atoms with Gasteiger partial charge in [0.05, 0.1) is 0 Å². The van der Waals surface area contributed by atoms with Crippen LogP contribution in [-0.4, -0.2) is 30.9 Å². The van der Waals surface area contributed by atoms with E-state index in [1.807, 2.05) is 24.3 Å². The van der Waals surface area contributed by atoms with Gasteiger partial charge in [0.25, 0.3) is 5.91 Å². The lowest BCUT2D eigenvalue weighted by atomic mass is 10.2. The summed E-state index contributed by atoms with van der Waals surface area (Å²) in [5, 5.41) is 2.44. The zero-order valence-corrected chi connectivity index (χ0v) is 15.6. The SMILES string of the molecule is C=CCN(C(=O)COC(=O)/C(=C/c1ccccc1)NC(C)=O)c1ccccc1. The van der Waals surface area contributed by atoms with Gasteiger partial charge >= 0.3 is 5.97 Å². The van der Waals surface area contributed by atoms with E-state index in [4.69, 9.17) is 4.74 Å². The number of nitrogens with one attached hydrogen (secondary N) is 1. The van der Waals surface area contributed by atoms with Gasteiger partial charge in [-0.25, -0.2) is 4.79 Å². The van der Waals surface area contributed by atoms with E-state index < -0.39 is 24.4 Å². The molecule has 0 atom stereocenters. The number of carbonyl (C=O) groups is 3. The molecule has 0 radical (unpaired) electrons. The van der Waals surface area contributed by atoms with Crippen LogP contribution in [0.4, 0.5) is 5.69 Å². The Bertz CT molecular complexity index is 861. The van der Waals surface area contributed by atoms with Gasteiger partial charge in [-0.3, -0.25) is 9.59 Å². The summed E-state index contributed by atoms with van der Waals surface area (Å²) in [7, 11) is 0. The van der Waals surface area contributed by atoms with Crippen molar-refractivity contribution in [2.75, 3.05) is 18.1 Å². The second kappa shape index (κ2) is 10.5. The van der Waals surface area contributed by atoms with Crippen molar-refractivity contribution in [2.24, 2.45) is 0 Å². The summed E-state index contributed by atoms with van der Waals surface area (Å²) in [5.74, 6) is -1.61. The van der Waals surface area contributed by atoms with E-state index in [9.17, 15) is 14.4 Å². The highest BCUT2D eigenvalue weighted by Crippen LogP contribution is 2.14. The lowest BCUT2D eigenvalue weighted by Crippen LogP contribution is -2.36. The zero-order valence-electron chi connectivity index (χ0n) is 15.6. The Morgan fingerprint density at radius 2 is 1.64 bits per heavy atom. The maximum Gasteiger partial charge on any atom is 0.355 e. The molecule has 2 aromatic carbocycles. The fourth-order valence-electron chi connectivity index (χ4n) is 2.42. The van der Waals surface area contributed by atoms with Gasteiger partial charge in [-0.2, -0.15) is 0 Å². The Kier molecular flexibility index (Phi) is 7.72. The number of carbonyl (C=O) groups excluding carboxylic acids is 3. The molecule has 6 heteroatoms. The number of para-hydroxylation sites is 1. The van der Waals surface area contributed by atoms with Crippen molar-refractivity contribution in [1.29, 1.82) is 0 Å². The second-order valence-electron chi connectivity index (χ2n) is 5.85. The van der Waals surface area contributed by atoms with Crippen LogP contribution < -0.4 is 10.2 Å².